The Hall–Kier alpha value is -2.20. The smallest absolute Gasteiger partial charge is 0.289 e. The first kappa shape index (κ1) is 13.9. The number of nitrogens with two attached hydrogens (primary N) is 2. The maximum Gasteiger partial charge on any atom is 0.289 e. The van der Waals surface area contributed by atoms with Crippen molar-refractivity contribution in [2.75, 3.05) is 12.3 Å². The third-order valence-electron chi connectivity index (χ3n) is 1.91. The first-order valence-electron chi connectivity index (χ1n) is 4.56. The van der Waals surface area contributed by atoms with Crippen LogP contribution < -0.4 is 16.2 Å². The van der Waals surface area contributed by atoms with Gasteiger partial charge in [-0.1, -0.05) is 0 Å². The number of carbonyl (C=O) groups is 1. The van der Waals surface area contributed by atoms with Gasteiger partial charge in [0.15, 0.2) is 4.90 Å². The summed E-state index contributed by atoms with van der Waals surface area (Å²) in [7, 11) is -4.23. The molecule has 0 aliphatic heterocycles. The van der Waals surface area contributed by atoms with Crippen molar-refractivity contribution in [3.63, 3.8) is 0 Å². The molecule has 0 saturated carbocycles. The van der Waals surface area contributed by atoms with Gasteiger partial charge in [0.2, 0.25) is 15.9 Å². The first-order valence-corrected chi connectivity index (χ1v) is 6.04. The maximum absolute atomic E-state index is 11.7. The van der Waals surface area contributed by atoms with E-state index in [0.717, 1.165) is 12.1 Å². The molecule has 0 fully saturated rings. The van der Waals surface area contributed by atoms with Gasteiger partial charge in [0, 0.05) is 11.8 Å². The standard InChI is InChI=1S/C8H10N4O5S/c9-5-1-2-6(12(14)15)7(3-5)18(16,17)11-4-8(10)13/h1-3,11H,4,9H2,(H2,10,13). The number of hydrogen-bond donors (Lipinski definition) is 3. The highest BCUT2D eigenvalue weighted by Gasteiger charge is 2.26. The number of nitrogens with zero attached hydrogens (tertiary/aromatic N) is 1. The summed E-state index contributed by atoms with van der Waals surface area (Å²) < 4.78 is 25.3. The Morgan fingerprint density at radius 2 is 2.06 bits per heavy atom. The van der Waals surface area contributed by atoms with E-state index in [4.69, 9.17) is 11.5 Å². The van der Waals surface area contributed by atoms with Gasteiger partial charge in [-0.2, -0.15) is 0 Å². The van der Waals surface area contributed by atoms with Crippen molar-refractivity contribution in [3.05, 3.63) is 28.3 Å². The quantitative estimate of drug-likeness (QED) is 0.352. The van der Waals surface area contributed by atoms with Crippen LogP contribution in [-0.2, 0) is 14.8 Å². The zero-order valence-electron chi connectivity index (χ0n) is 8.99. The van der Waals surface area contributed by atoms with Gasteiger partial charge in [0.05, 0.1) is 11.5 Å². The monoisotopic (exact) mass is 274 g/mol. The van der Waals surface area contributed by atoms with E-state index in [2.05, 4.69) is 0 Å². The second kappa shape index (κ2) is 4.98. The lowest BCUT2D eigenvalue weighted by Crippen LogP contribution is -2.33. The van der Waals surface area contributed by atoms with Gasteiger partial charge < -0.3 is 11.5 Å². The molecular formula is C8H10N4O5S. The number of nitrogen functional groups attached to an aromatic ring is 1. The van der Waals surface area contributed by atoms with Crippen LogP contribution in [0.15, 0.2) is 23.1 Å². The number of nitro groups is 1. The van der Waals surface area contributed by atoms with Crippen LogP contribution in [0, 0.1) is 10.1 Å². The number of primary amides is 1. The van der Waals surface area contributed by atoms with Gasteiger partial charge in [-0.05, 0) is 12.1 Å². The Kier molecular flexibility index (Phi) is 3.83. The minimum Gasteiger partial charge on any atom is -0.399 e. The molecule has 1 aromatic rings. The summed E-state index contributed by atoms with van der Waals surface area (Å²) in [6.45, 7) is -0.658. The van der Waals surface area contributed by atoms with E-state index in [1.807, 2.05) is 4.72 Å². The fourth-order valence-corrected chi connectivity index (χ4v) is 2.34. The first-order chi connectivity index (χ1) is 8.24. The van der Waals surface area contributed by atoms with Crippen LogP contribution in [0.2, 0.25) is 0 Å². The average molecular weight is 274 g/mol. The Morgan fingerprint density at radius 1 is 1.44 bits per heavy atom. The minimum atomic E-state index is -4.23. The van der Waals surface area contributed by atoms with Gasteiger partial charge in [-0.25, -0.2) is 13.1 Å². The number of amides is 1. The lowest BCUT2D eigenvalue weighted by Gasteiger charge is -2.06. The minimum absolute atomic E-state index is 0.0417. The largest absolute Gasteiger partial charge is 0.399 e. The van der Waals surface area contributed by atoms with Crippen molar-refractivity contribution in [1.82, 2.24) is 4.72 Å². The number of sulfonamides is 1. The summed E-state index contributed by atoms with van der Waals surface area (Å²) >= 11 is 0. The highest BCUT2D eigenvalue weighted by molar-refractivity contribution is 7.89. The number of benzene rings is 1. The summed E-state index contributed by atoms with van der Waals surface area (Å²) in [5.74, 6) is -0.912. The van der Waals surface area contributed by atoms with Gasteiger partial charge >= 0.3 is 0 Å². The average Bonchev–Trinajstić information content (AvgIpc) is 2.26. The molecule has 0 bridgehead atoms. The van der Waals surface area contributed by atoms with Crippen LogP contribution in [0.4, 0.5) is 11.4 Å². The van der Waals surface area contributed by atoms with Crippen molar-refractivity contribution in [2.24, 2.45) is 5.73 Å². The van der Waals surface area contributed by atoms with E-state index in [9.17, 15) is 23.3 Å². The molecule has 9 nitrogen and oxygen atoms in total. The molecule has 0 saturated heterocycles. The van der Waals surface area contributed by atoms with Gasteiger partial charge in [-0.3, -0.25) is 14.9 Å². The van der Waals surface area contributed by atoms with Crippen molar-refractivity contribution < 1.29 is 18.1 Å². The van der Waals surface area contributed by atoms with E-state index in [0.29, 0.717) is 0 Å². The van der Waals surface area contributed by atoms with Crippen LogP contribution in [0.25, 0.3) is 0 Å². The molecule has 10 heteroatoms. The summed E-state index contributed by atoms with van der Waals surface area (Å²) in [6, 6.07) is 3.10. The van der Waals surface area contributed by atoms with Crippen molar-refractivity contribution >= 4 is 27.3 Å². The fraction of sp³-hybridized carbons (Fsp3) is 0.125. The normalized spacial score (nSPS) is 11.1. The summed E-state index contributed by atoms with van der Waals surface area (Å²) in [4.78, 5) is 19.7. The molecule has 0 aromatic heterocycles. The van der Waals surface area contributed by atoms with E-state index >= 15 is 0 Å². The molecule has 0 aliphatic carbocycles. The highest BCUT2D eigenvalue weighted by Crippen LogP contribution is 2.25. The second-order valence-corrected chi connectivity index (χ2v) is 5.01. The molecule has 1 amide bonds. The molecule has 18 heavy (non-hydrogen) atoms. The van der Waals surface area contributed by atoms with Crippen molar-refractivity contribution in [3.8, 4) is 0 Å². The van der Waals surface area contributed by atoms with Crippen LogP contribution in [0.5, 0.6) is 0 Å². The number of carbonyl (C=O) groups excluding carboxylic acids is 1. The van der Waals surface area contributed by atoms with Gasteiger partial charge in [0.25, 0.3) is 5.69 Å². The Balaban J connectivity index is 3.26. The van der Waals surface area contributed by atoms with Crippen molar-refractivity contribution in [2.45, 2.75) is 4.90 Å². The number of nitro benzene ring substituents is 1. The predicted octanol–water partition coefficient (Wildman–Crippen LogP) is -1.06. The Morgan fingerprint density at radius 3 is 2.56 bits per heavy atom. The Bertz CT molecular complexity index is 598. The number of hydrogen-bond acceptors (Lipinski definition) is 6. The molecular weight excluding hydrogens is 264 g/mol. The molecule has 1 aromatic carbocycles. The van der Waals surface area contributed by atoms with Crippen LogP contribution in [0.3, 0.4) is 0 Å². The van der Waals surface area contributed by atoms with Gasteiger partial charge in [-0.15, -0.1) is 0 Å². The predicted molar refractivity (Wildman–Crippen MR) is 61.9 cm³/mol. The molecule has 0 atom stereocenters. The Labute approximate surface area is 102 Å². The maximum atomic E-state index is 11.7. The van der Waals surface area contributed by atoms with E-state index in [1.54, 1.807) is 0 Å². The second-order valence-electron chi connectivity index (χ2n) is 3.28. The molecule has 0 spiro atoms. The molecule has 0 unspecified atom stereocenters. The summed E-state index contributed by atoms with van der Waals surface area (Å²) in [5, 5.41) is 10.7. The third-order valence-corrected chi connectivity index (χ3v) is 3.34. The topological polar surface area (TPSA) is 158 Å². The molecule has 98 valence electrons. The highest BCUT2D eigenvalue weighted by atomic mass is 32.2. The number of nitrogens with one attached hydrogen (secondary N) is 1. The molecule has 1 rings (SSSR count). The van der Waals surface area contributed by atoms with E-state index < -0.39 is 38.0 Å². The molecule has 0 aliphatic rings. The SMILES string of the molecule is NC(=O)CNS(=O)(=O)c1cc(N)ccc1[N+](=O)[O-]. The zero-order chi connectivity index (χ0) is 13.9. The van der Waals surface area contributed by atoms with E-state index in [-0.39, 0.29) is 5.69 Å². The molecule has 0 heterocycles. The van der Waals surface area contributed by atoms with Crippen LogP contribution in [-0.4, -0.2) is 25.8 Å². The number of rotatable bonds is 5. The summed E-state index contributed by atoms with van der Waals surface area (Å²) in [5.41, 5.74) is 9.56. The fourth-order valence-electron chi connectivity index (χ4n) is 1.14. The van der Waals surface area contributed by atoms with E-state index in [1.165, 1.54) is 6.07 Å². The van der Waals surface area contributed by atoms with Crippen molar-refractivity contribution in [1.29, 1.82) is 0 Å². The lowest BCUT2D eigenvalue weighted by molar-refractivity contribution is -0.387. The zero-order valence-corrected chi connectivity index (χ0v) is 9.81. The molecule has 5 N–H and O–H groups in total. The third kappa shape index (κ3) is 3.15. The number of anilines is 1. The molecule has 0 radical (unpaired) electrons. The van der Waals surface area contributed by atoms with Crippen LogP contribution >= 0.6 is 0 Å². The van der Waals surface area contributed by atoms with Crippen LogP contribution in [0.1, 0.15) is 0 Å². The van der Waals surface area contributed by atoms with Gasteiger partial charge in [0.1, 0.15) is 0 Å². The lowest BCUT2D eigenvalue weighted by atomic mass is 10.3. The summed E-state index contributed by atoms with van der Waals surface area (Å²) in [6.07, 6.45) is 0.